The van der Waals surface area contributed by atoms with Gasteiger partial charge in [-0.2, -0.15) is 0 Å². The lowest BCUT2D eigenvalue weighted by molar-refractivity contribution is -0.154. The van der Waals surface area contributed by atoms with Gasteiger partial charge in [-0.05, 0) is 54.4 Å². The highest BCUT2D eigenvalue weighted by Crippen LogP contribution is 2.26. The summed E-state index contributed by atoms with van der Waals surface area (Å²) in [5, 5.41) is 4.19. The van der Waals surface area contributed by atoms with Crippen molar-refractivity contribution in [3.63, 3.8) is 0 Å². The molecule has 0 radical (unpaired) electrons. The Bertz CT molecular complexity index is 1100. The number of anilines is 1. The van der Waals surface area contributed by atoms with Crippen molar-refractivity contribution in [3.05, 3.63) is 71.8 Å². The van der Waals surface area contributed by atoms with Crippen LogP contribution < -0.4 is 10.1 Å². The van der Waals surface area contributed by atoms with Gasteiger partial charge in [0.2, 0.25) is 0 Å². The Balaban J connectivity index is 1.66. The van der Waals surface area contributed by atoms with Crippen molar-refractivity contribution in [2.75, 3.05) is 12.4 Å². The Kier molecular flexibility index (Phi) is 6.30. The second-order valence-corrected chi connectivity index (χ2v) is 6.89. The Morgan fingerprint density at radius 3 is 2.33 bits per heavy atom. The van der Waals surface area contributed by atoms with Crippen molar-refractivity contribution in [1.82, 2.24) is 0 Å². The van der Waals surface area contributed by atoms with Gasteiger partial charge in [0.1, 0.15) is 17.4 Å². The van der Waals surface area contributed by atoms with Crippen molar-refractivity contribution in [3.8, 4) is 5.75 Å². The summed E-state index contributed by atoms with van der Waals surface area (Å²) in [6, 6.07) is 14.0. The molecule has 0 saturated carbocycles. The Hall–Kier alpha value is -3.48. The first kappa shape index (κ1) is 21.2. The van der Waals surface area contributed by atoms with E-state index in [0.29, 0.717) is 6.07 Å². The SMILES string of the molecule is COc1ccc2cc([C@H](C)C(=O)O[C@@H](C)C(=O)Nc3ccc(F)cc3F)ccc2c1. The van der Waals surface area contributed by atoms with Gasteiger partial charge in [-0.15, -0.1) is 0 Å². The molecule has 30 heavy (non-hydrogen) atoms. The number of carbonyl (C=O) groups excluding carboxylic acids is 2. The number of carbonyl (C=O) groups is 2. The average Bonchev–Trinajstić information content (AvgIpc) is 2.74. The van der Waals surface area contributed by atoms with Gasteiger partial charge in [0.15, 0.2) is 6.10 Å². The lowest BCUT2D eigenvalue weighted by atomic mass is 9.98. The summed E-state index contributed by atoms with van der Waals surface area (Å²) in [6.45, 7) is 3.06. The third-order valence-corrected chi connectivity index (χ3v) is 4.78. The summed E-state index contributed by atoms with van der Waals surface area (Å²) in [5.74, 6) is -2.86. The maximum atomic E-state index is 13.7. The fraction of sp³-hybridized carbons (Fsp3) is 0.217. The van der Waals surface area contributed by atoms with Crippen molar-refractivity contribution in [2.45, 2.75) is 25.9 Å². The van der Waals surface area contributed by atoms with Gasteiger partial charge < -0.3 is 14.8 Å². The maximum absolute atomic E-state index is 13.7. The molecule has 0 fully saturated rings. The van der Waals surface area contributed by atoms with Gasteiger partial charge in [0.05, 0.1) is 18.7 Å². The Morgan fingerprint density at radius 2 is 1.63 bits per heavy atom. The van der Waals surface area contributed by atoms with Crippen LogP contribution in [0.2, 0.25) is 0 Å². The number of nitrogens with one attached hydrogen (secondary N) is 1. The van der Waals surface area contributed by atoms with Crippen molar-refractivity contribution in [1.29, 1.82) is 0 Å². The maximum Gasteiger partial charge on any atom is 0.313 e. The second kappa shape index (κ2) is 8.90. The highest BCUT2D eigenvalue weighted by atomic mass is 19.1. The number of esters is 1. The number of amides is 1. The first-order valence-electron chi connectivity index (χ1n) is 9.32. The van der Waals surface area contributed by atoms with Crippen molar-refractivity contribution in [2.24, 2.45) is 0 Å². The van der Waals surface area contributed by atoms with Crippen LogP contribution in [0.15, 0.2) is 54.6 Å². The zero-order valence-corrected chi connectivity index (χ0v) is 16.7. The fourth-order valence-corrected chi connectivity index (χ4v) is 2.93. The monoisotopic (exact) mass is 413 g/mol. The summed E-state index contributed by atoms with van der Waals surface area (Å²) in [6.07, 6.45) is -1.16. The molecule has 0 aromatic heterocycles. The summed E-state index contributed by atoms with van der Waals surface area (Å²) in [5.41, 5.74) is 0.539. The van der Waals surface area contributed by atoms with Crippen LogP contribution in [0.25, 0.3) is 10.8 Å². The zero-order chi connectivity index (χ0) is 21.8. The van der Waals surface area contributed by atoms with Crippen molar-refractivity contribution < 1.29 is 27.8 Å². The van der Waals surface area contributed by atoms with Crippen LogP contribution >= 0.6 is 0 Å². The number of hydrogen-bond acceptors (Lipinski definition) is 4. The third kappa shape index (κ3) is 4.74. The molecule has 0 bridgehead atoms. The van der Waals surface area contributed by atoms with Gasteiger partial charge in [-0.1, -0.05) is 24.3 Å². The molecular weight excluding hydrogens is 392 g/mol. The molecule has 0 saturated heterocycles. The molecule has 0 heterocycles. The summed E-state index contributed by atoms with van der Waals surface area (Å²) in [7, 11) is 1.59. The average molecular weight is 413 g/mol. The second-order valence-electron chi connectivity index (χ2n) is 6.89. The van der Waals surface area contributed by atoms with Crippen LogP contribution in [0.4, 0.5) is 14.5 Å². The number of methoxy groups -OCH3 is 1. The van der Waals surface area contributed by atoms with E-state index < -0.39 is 35.5 Å². The lowest BCUT2D eigenvalue weighted by Gasteiger charge is -2.17. The highest BCUT2D eigenvalue weighted by molar-refractivity contribution is 5.95. The smallest absolute Gasteiger partial charge is 0.313 e. The molecule has 3 rings (SSSR count). The molecule has 0 spiro atoms. The molecule has 1 N–H and O–H groups in total. The lowest BCUT2D eigenvalue weighted by Crippen LogP contribution is -2.31. The number of hydrogen-bond donors (Lipinski definition) is 1. The minimum absolute atomic E-state index is 0.192. The van der Waals surface area contributed by atoms with Crippen LogP contribution in [0.1, 0.15) is 25.3 Å². The van der Waals surface area contributed by atoms with E-state index in [1.807, 2.05) is 36.4 Å². The van der Waals surface area contributed by atoms with E-state index >= 15 is 0 Å². The van der Waals surface area contributed by atoms with Gasteiger partial charge >= 0.3 is 5.97 Å². The first-order chi connectivity index (χ1) is 14.3. The minimum Gasteiger partial charge on any atom is -0.497 e. The molecule has 2 atom stereocenters. The van der Waals surface area contributed by atoms with Gasteiger partial charge in [0.25, 0.3) is 5.91 Å². The predicted octanol–water partition coefficient (Wildman–Crippen LogP) is 4.80. The van der Waals surface area contributed by atoms with E-state index in [4.69, 9.17) is 9.47 Å². The molecule has 156 valence electrons. The zero-order valence-electron chi connectivity index (χ0n) is 16.7. The first-order valence-corrected chi connectivity index (χ1v) is 9.32. The molecule has 1 amide bonds. The molecule has 0 aliphatic rings. The molecular formula is C23H21F2NO4. The molecule has 3 aromatic carbocycles. The molecule has 0 unspecified atom stereocenters. The normalized spacial score (nSPS) is 12.8. The van der Waals surface area contributed by atoms with Crippen LogP contribution in [0.3, 0.4) is 0 Å². The Morgan fingerprint density at radius 1 is 0.933 bits per heavy atom. The van der Waals surface area contributed by atoms with E-state index in [1.54, 1.807) is 14.0 Å². The largest absolute Gasteiger partial charge is 0.497 e. The van der Waals surface area contributed by atoms with Crippen LogP contribution in [-0.2, 0) is 14.3 Å². The highest BCUT2D eigenvalue weighted by Gasteiger charge is 2.24. The van der Waals surface area contributed by atoms with Crippen LogP contribution in [0, 0.1) is 11.6 Å². The number of halogens is 2. The molecule has 0 aliphatic heterocycles. The van der Waals surface area contributed by atoms with Crippen LogP contribution in [0.5, 0.6) is 5.75 Å². The number of benzene rings is 3. The number of rotatable bonds is 6. The van der Waals surface area contributed by atoms with Gasteiger partial charge in [-0.3, -0.25) is 9.59 Å². The van der Waals surface area contributed by atoms with Gasteiger partial charge in [0, 0.05) is 6.07 Å². The van der Waals surface area contributed by atoms with E-state index in [-0.39, 0.29) is 5.69 Å². The van der Waals surface area contributed by atoms with E-state index in [9.17, 15) is 18.4 Å². The molecule has 0 aliphatic carbocycles. The molecule has 5 nitrogen and oxygen atoms in total. The number of fused-ring (bicyclic) bond motifs is 1. The predicted molar refractivity (Wildman–Crippen MR) is 109 cm³/mol. The molecule has 7 heteroatoms. The van der Waals surface area contributed by atoms with E-state index in [0.717, 1.165) is 34.2 Å². The molecule has 3 aromatic rings. The van der Waals surface area contributed by atoms with E-state index in [2.05, 4.69) is 5.32 Å². The summed E-state index contributed by atoms with van der Waals surface area (Å²) < 4.78 is 37.1. The Labute approximate surface area is 172 Å². The fourth-order valence-electron chi connectivity index (χ4n) is 2.93. The summed E-state index contributed by atoms with van der Waals surface area (Å²) >= 11 is 0. The topological polar surface area (TPSA) is 64.6 Å². The van der Waals surface area contributed by atoms with Crippen molar-refractivity contribution >= 4 is 28.3 Å². The van der Waals surface area contributed by atoms with Gasteiger partial charge in [-0.25, -0.2) is 8.78 Å². The van der Waals surface area contributed by atoms with E-state index in [1.165, 1.54) is 6.92 Å². The third-order valence-electron chi connectivity index (χ3n) is 4.78. The summed E-state index contributed by atoms with van der Waals surface area (Å²) in [4.78, 5) is 24.7. The standard InChI is InChI=1S/C23H21F2NO4/c1-13(15-4-5-17-11-19(29-3)8-6-16(17)10-15)23(28)30-14(2)22(27)26-21-9-7-18(24)12-20(21)25/h4-14H,1-3H3,(H,26,27)/t13-,14-/m0/s1. The number of ether oxygens (including phenoxy) is 2. The minimum atomic E-state index is -1.16. The van der Waals surface area contributed by atoms with Crippen LogP contribution in [-0.4, -0.2) is 25.1 Å². The quantitative estimate of drug-likeness (QED) is 0.590.